The second-order valence-electron chi connectivity index (χ2n) is 5.56. The Labute approximate surface area is 150 Å². The van der Waals surface area contributed by atoms with Crippen LogP contribution in [-0.4, -0.2) is 39.4 Å². The highest BCUT2D eigenvalue weighted by Crippen LogP contribution is 2.23. The lowest BCUT2D eigenvalue weighted by molar-refractivity contribution is 0.0993. The van der Waals surface area contributed by atoms with Gasteiger partial charge in [-0.15, -0.1) is 0 Å². The van der Waals surface area contributed by atoms with Crippen LogP contribution in [0.3, 0.4) is 0 Å². The summed E-state index contributed by atoms with van der Waals surface area (Å²) in [6.45, 7) is 5.37. The number of aryl methyl sites for hydroxylation is 1. The van der Waals surface area contributed by atoms with E-state index in [-0.39, 0.29) is 34.2 Å². The van der Waals surface area contributed by atoms with Crippen LogP contribution in [0.4, 0.5) is 5.69 Å². The molecule has 2 heterocycles. The number of pyridine rings is 1. The number of anilines is 1. The molecule has 0 aliphatic carbocycles. The summed E-state index contributed by atoms with van der Waals surface area (Å²) in [6, 6.07) is 1.40. The van der Waals surface area contributed by atoms with Crippen LogP contribution in [-0.2, 0) is 6.42 Å². The molecule has 0 bridgehead atoms. The van der Waals surface area contributed by atoms with Gasteiger partial charge in [0, 0.05) is 11.8 Å². The van der Waals surface area contributed by atoms with Crippen molar-refractivity contribution in [3.63, 3.8) is 0 Å². The van der Waals surface area contributed by atoms with Crippen LogP contribution in [0.5, 0.6) is 5.88 Å². The summed E-state index contributed by atoms with van der Waals surface area (Å²) >= 11 is 0. The lowest BCUT2D eigenvalue weighted by Crippen LogP contribution is -2.20. The van der Waals surface area contributed by atoms with Crippen molar-refractivity contribution in [3.05, 3.63) is 34.8 Å². The van der Waals surface area contributed by atoms with Crippen molar-refractivity contribution < 1.29 is 19.1 Å². The Kier molecular flexibility index (Phi) is 6.05. The standard InChI is InChI=1S/C17H21N5O4/c1-4-6-12-13(14(15(18)24)22-21-12)20-16(25)11-7-10(9(3)23)8-19-17(11)26-5-2/h7-8H,4-6H2,1-3H3,(H2,18,24)(H,20,25)(H,21,22). The molecular formula is C17H21N5O4. The number of H-pyrrole nitrogens is 1. The first-order valence-electron chi connectivity index (χ1n) is 8.21. The van der Waals surface area contributed by atoms with E-state index in [0.29, 0.717) is 18.7 Å². The summed E-state index contributed by atoms with van der Waals surface area (Å²) < 4.78 is 5.37. The SMILES string of the molecule is CCCc1[nH]nc(C(N)=O)c1NC(=O)c1cc(C(C)=O)cnc1OCC. The van der Waals surface area contributed by atoms with Crippen LogP contribution in [0, 0.1) is 0 Å². The molecule has 9 heteroatoms. The van der Waals surface area contributed by atoms with Crippen LogP contribution in [0.2, 0.25) is 0 Å². The lowest BCUT2D eigenvalue weighted by atomic mass is 10.1. The molecule has 0 fully saturated rings. The Morgan fingerprint density at radius 1 is 1.31 bits per heavy atom. The van der Waals surface area contributed by atoms with Gasteiger partial charge in [0.1, 0.15) is 5.56 Å². The highest BCUT2D eigenvalue weighted by Gasteiger charge is 2.22. The monoisotopic (exact) mass is 359 g/mol. The number of carbonyl (C=O) groups excluding carboxylic acids is 3. The molecule has 4 N–H and O–H groups in total. The zero-order chi connectivity index (χ0) is 19.3. The van der Waals surface area contributed by atoms with E-state index in [2.05, 4.69) is 20.5 Å². The Morgan fingerprint density at radius 3 is 2.62 bits per heavy atom. The molecule has 0 unspecified atom stereocenters. The van der Waals surface area contributed by atoms with Gasteiger partial charge in [-0.3, -0.25) is 19.5 Å². The van der Waals surface area contributed by atoms with E-state index < -0.39 is 11.8 Å². The van der Waals surface area contributed by atoms with Crippen molar-refractivity contribution in [2.24, 2.45) is 5.73 Å². The zero-order valence-electron chi connectivity index (χ0n) is 14.9. The van der Waals surface area contributed by atoms with Crippen molar-refractivity contribution in [2.75, 3.05) is 11.9 Å². The number of Topliss-reactive ketones (excluding diaryl/α,β-unsaturated/α-hetero) is 1. The minimum atomic E-state index is -0.764. The van der Waals surface area contributed by atoms with Gasteiger partial charge in [-0.05, 0) is 26.3 Å². The molecule has 2 rings (SSSR count). The number of rotatable bonds is 8. The van der Waals surface area contributed by atoms with Crippen LogP contribution in [0.1, 0.15) is 64.1 Å². The first-order chi connectivity index (χ1) is 12.4. The predicted octanol–water partition coefficient (Wildman–Crippen LogP) is 1.71. The molecule has 0 spiro atoms. The molecule has 26 heavy (non-hydrogen) atoms. The number of aromatic amines is 1. The maximum absolute atomic E-state index is 12.8. The zero-order valence-corrected chi connectivity index (χ0v) is 14.9. The van der Waals surface area contributed by atoms with Crippen molar-refractivity contribution in [1.29, 1.82) is 0 Å². The maximum atomic E-state index is 12.8. The normalized spacial score (nSPS) is 10.4. The molecule has 0 saturated carbocycles. The number of hydrogen-bond donors (Lipinski definition) is 3. The van der Waals surface area contributed by atoms with Gasteiger partial charge in [-0.2, -0.15) is 5.10 Å². The lowest BCUT2D eigenvalue weighted by Gasteiger charge is -2.11. The average Bonchev–Trinajstić information content (AvgIpc) is 2.98. The van der Waals surface area contributed by atoms with E-state index in [1.165, 1.54) is 19.2 Å². The number of primary amides is 1. The van der Waals surface area contributed by atoms with Gasteiger partial charge >= 0.3 is 0 Å². The summed E-state index contributed by atoms with van der Waals surface area (Å²) in [6.07, 6.45) is 2.69. The molecule has 0 aliphatic rings. The highest BCUT2D eigenvalue weighted by atomic mass is 16.5. The van der Waals surface area contributed by atoms with E-state index >= 15 is 0 Å². The number of aromatic nitrogens is 3. The summed E-state index contributed by atoms with van der Waals surface area (Å²) in [5.74, 6) is -1.48. The third-order valence-corrected chi connectivity index (χ3v) is 3.60. The quantitative estimate of drug-likeness (QED) is 0.613. The van der Waals surface area contributed by atoms with Gasteiger partial charge < -0.3 is 15.8 Å². The summed E-state index contributed by atoms with van der Waals surface area (Å²) in [7, 11) is 0. The fraction of sp³-hybridized carbons (Fsp3) is 0.353. The highest BCUT2D eigenvalue weighted by molar-refractivity contribution is 6.10. The Balaban J connectivity index is 2.44. The molecule has 0 aromatic carbocycles. The molecule has 2 amide bonds. The maximum Gasteiger partial charge on any atom is 0.271 e. The number of amides is 2. The number of nitrogens with two attached hydrogens (primary N) is 1. The smallest absolute Gasteiger partial charge is 0.271 e. The number of hydrogen-bond acceptors (Lipinski definition) is 6. The van der Waals surface area contributed by atoms with Crippen LogP contribution in [0.25, 0.3) is 0 Å². The second kappa shape index (κ2) is 8.24. The number of ketones is 1. The van der Waals surface area contributed by atoms with Crippen LogP contribution < -0.4 is 15.8 Å². The molecule has 0 radical (unpaired) electrons. The number of nitrogens with one attached hydrogen (secondary N) is 2. The number of ether oxygens (including phenoxy) is 1. The molecular weight excluding hydrogens is 338 g/mol. The molecule has 0 atom stereocenters. The molecule has 9 nitrogen and oxygen atoms in total. The predicted molar refractivity (Wildman–Crippen MR) is 94.5 cm³/mol. The second-order valence-corrected chi connectivity index (χ2v) is 5.56. The van der Waals surface area contributed by atoms with E-state index in [1.807, 2.05) is 6.92 Å². The minimum Gasteiger partial charge on any atom is -0.477 e. The minimum absolute atomic E-state index is 0.0598. The molecule has 2 aromatic rings. The fourth-order valence-corrected chi connectivity index (χ4v) is 2.36. The summed E-state index contributed by atoms with van der Waals surface area (Å²) in [5, 5.41) is 9.23. The van der Waals surface area contributed by atoms with Crippen molar-refractivity contribution in [2.45, 2.75) is 33.6 Å². The van der Waals surface area contributed by atoms with Crippen molar-refractivity contribution in [3.8, 4) is 5.88 Å². The third-order valence-electron chi connectivity index (χ3n) is 3.60. The summed E-state index contributed by atoms with van der Waals surface area (Å²) in [4.78, 5) is 40.0. The largest absolute Gasteiger partial charge is 0.477 e. The van der Waals surface area contributed by atoms with E-state index in [1.54, 1.807) is 6.92 Å². The van der Waals surface area contributed by atoms with Gasteiger partial charge in [-0.25, -0.2) is 4.98 Å². The topological polar surface area (TPSA) is 140 Å². The summed E-state index contributed by atoms with van der Waals surface area (Å²) in [5.41, 5.74) is 6.43. The third kappa shape index (κ3) is 4.05. The molecule has 0 aliphatic heterocycles. The molecule has 138 valence electrons. The Hall–Kier alpha value is -3.23. The first-order valence-corrected chi connectivity index (χ1v) is 8.21. The fourth-order valence-electron chi connectivity index (χ4n) is 2.36. The van der Waals surface area contributed by atoms with Crippen LogP contribution >= 0.6 is 0 Å². The van der Waals surface area contributed by atoms with E-state index in [4.69, 9.17) is 10.5 Å². The van der Waals surface area contributed by atoms with Crippen molar-refractivity contribution >= 4 is 23.3 Å². The van der Waals surface area contributed by atoms with Gasteiger partial charge in [0.05, 0.1) is 18.0 Å². The van der Waals surface area contributed by atoms with Crippen LogP contribution in [0.15, 0.2) is 12.3 Å². The molecule has 2 aromatic heterocycles. The van der Waals surface area contributed by atoms with Gasteiger partial charge in [0.2, 0.25) is 5.88 Å². The van der Waals surface area contributed by atoms with Gasteiger partial charge in [0.25, 0.3) is 11.8 Å². The van der Waals surface area contributed by atoms with Crippen molar-refractivity contribution in [1.82, 2.24) is 15.2 Å². The first kappa shape index (κ1) is 19.1. The number of nitrogens with zero attached hydrogens (tertiary/aromatic N) is 2. The van der Waals surface area contributed by atoms with Gasteiger partial charge in [-0.1, -0.05) is 13.3 Å². The van der Waals surface area contributed by atoms with E-state index in [9.17, 15) is 14.4 Å². The Bertz CT molecular complexity index is 844. The average molecular weight is 359 g/mol. The van der Waals surface area contributed by atoms with Gasteiger partial charge in [0.15, 0.2) is 11.5 Å². The number of carbonyl (C=O) groups is 3. The molecule has 0 saturated heterocycles. The Morgan fingerprint density at radius 2 is 2.04 bits per heavy atom. The van der Waals surface area contributed by atoms with E-state index in [0.717, 1.165) is 6.42 Å².